The monoisotopic (exact) mass is 298 g/mol. The fraction of sp³-hybridized carbons (Fsp3) is 0.125. The van der Waals surface area contributed by atoms with Crippen LogP contribution in [0, 0.1) is 0 Å². The third-order valence-corrected chi connectivity index (χ3v) is 4.17. The van der Waals surface area contributed by atoms with E-state index in [0.29, 0.717) is 11.4 Å². The molecule has 106 valence electrons. The number of aliphatic hydroxyl groups excluding tert-OH is 1. The first-order valence-electron chi connectivity index (χ1n) is 6.57. The van der Waals surface area contributed by atoms with Gasteiger partial charge in [0, 0.05) is 10.6 Å². The highest BCUT2D eigenvalue weighted by atomic mass is 32.2. The third-order valence-electron chi connectivity index (χ3n) is 3.15. The molecule has 2 N–H and O–H groups in total. The Labute approximate surface area is 125 Å². The molecule has 3 rings (SSSR count). The quantitative estimate of drug-likeness (QED) is 0.727. The van der Waals surface area contributed by atoms with Gasteiger partial charge < -0.3 is 10.1 Å². The standard InChI is InChI=1S/C16H14N2O2S/c19-9-11-5-7-12(8-6-11)21-10-15-16(20)18-14-4-2-1-3-13(14)17-15/h1-8,19H,9-10H2,(H,18,20). The second-order valence-corrected chi connectivity index (χ2v) is 5.67. The van der Waals surface area contributed by atoms with E-state index in [1.165, 1.54) is 0 Å². The van der Waals surface area contributed by atoms with Crippen molar-refractivity contribution in [3.8, 4) is 0 Å². The van der Waals surface area contributed by atoms with Crippen molar-refractivity contribution in [2.24, 2.45) is 0 Å². The van der Waals surface area contributed by atoms with Crippen LogP contribution in [0.3, 0.4) is 0 Å². The summed E-state index contributed by atoms with van der Waals surface area (Å²) in [7, 11) is 0. The van der Waals surface area contributed by atoms with Gasteiger partial charge in [-0.1, -0.05) is 24.3 Å². The van der Waals surface area contributed by atoms with Crippen molar-refractivity contribution in [1.29, 1.82) is 0 Å². The SMILES string of the molecule is O=c1[nH]c2ccccc2nc1CSc1ccc(CO)cc1. The normalized spacial score (nSPS) is 10.9. The van der Waals surface area contributed by atoms with Crippen molar-refractivity contribution in [2.75, 3.05) is 0 Å². The lowest BCUT2D eigenvalue weighted by atomic mass is 10.2. The summed E-state index contributed by atoms with van der Waals surface area (Å²) in [4.78, 5) is 20.3. The fourth-order valence-electron chi connectivity index (χ4n) is 2.01. The molecule has 0 atom stereocenters. The first-order valence-corrected chi connectivity index (χ1v) is 7.55. The van der Waals surface area contributed by atoms with Crippen molar-refractivity contribution < 1.29 is 5.11 Å². The number of rotatable bonds is 4. The second-order valence-electron chi connectivity index (χ2n) is 4.62. The number of H-pyrrole nitrogens is 1. The summed E-state index contributed by atoms with van der Waals surface area (Å²) in [5.74, 6) is 0.513. The van der Waals surface area contributed by atoms with E-state index in [4.69, 9.17) is 5.11 Å². The summed E-state index contributed by atoms with van der Waals surface area (Å²) < 4.78 is 0. The molecule has 0 unspecified atom stereocenters. The van der Waals surface area contributed by atoms with Crippen LogP contribution in [0.25, 0.3) is 11.0 Å². The molecule has 21 heavy (non-hydrogen) atoms. The van der Waals surface area contributed by atoms with Crippen molar-refractivity contribution in [1.82, 2.24) is 9.97 Å². The minimum Gasteiger partial charge on any atom is -0.392 e. The Kier molecular flexibility index (Phi) is 4.03. The van der Waals surface area contributed by atoms with Gasteiger partial charge in [-0.2, -0.15) is 0 Å². The van der Waals surface area contributed by atoms with Crippen LogP contribution in [0.5, 0.6) is 0 Å². The van der Waals surface area contributed by atoms with Gasteiger partial charge >= 0.3 is 0 Å². The number of nitrogens with zero attached hydrogens (tertiary/aromatic N) is 1. The van der Waals surface area contributed by atoms with Crippen LogP contribution < -0.4 is 5.56 Å². The Morgan fingerprint density at radius 2 is 1.86 bits per heavy atom. The topological polar surface area (TPSA) is 66.0 Å². The molecule has 4 nitrogen and oxygen atoms in total. The highest BCUT2D eigenvalue weighted by Crippen LogP contribution is 2.21. The number of aliphatic hydroxyl groups is 1. The Morgan fingerprint density at radius 3 is 2.62 bits per heavy atom. The number of aromatic amines is 1. The Bertz CT molecular complexity index is 812. The summed E-state index contributed by atoms with van der Waals surface area (Å²) in [6.07, 6.45) is 0. The van der Waals surface area contributed by atoms with Crippen molar-refractivity contribution in [3.63, 3.8) is 0 Å². The first kappa shape index (κ1) is 13.9. The summed E-state index contributed by atoms with van der Waals surface area (Å²) in [6, 6.07) is 15.1. The summed E-state index contributed by atoms with van der Waals surface area (Å²) in [5.41, 5.74) is 2.80. The highest BCUT2D eigenvalue weighted by molar-refractivity contribution is 7.98. The zero-order valence-electron chi connectivity index (χ0n) is 11.2. The van der Waals surface area contributed by atoms with Crippen LogP contribution in [0.4, 0.5) is 0 Å². The van der Waals surface area contributed by atoms with Gasteiger partial charge in [0.25, 0.3) is 5.56 Å². The molecule has 5 heteroatoms. The number of para-hydroxylation sites is 2. The molecule has 0 amide bonds. The van der Waals surface area contributed by atoms with Gasteiger partial charge in [0.15, 0.2) is 0 Å². The molecule has 0 radical (unpaired) electrons. The smallest absolute Gasteiger partial charge is 0.271 e. The van der Waals surface area contributed by atoms with Crippen LogP contribution in [0.1, 0.15) is 11.3 Å². The Morgan fingerprint density at radius 1 is 1.10 bits per heavy atom. The van der Waals surface area contributed by atoms with Gasteiger partial charge in [-0.25, -0.2) is 4.98 Å². The van der Waals surface area contributed by atoms with Gasteiger partial charge in [-0.15, -0.1) is 11.8 Å². The largest absolute Gasteiger partial charge is 0.392 e. The highest BCUT2D eigenvalue weighted by Gasteiger charge is 2.05. The Hall–Kier alpha value is -2.11. The molecule has 0 saturated carbocycles. The van der Waals surface area contributed by atoms with Crippen LogP contribution in [-0.2, 0) is 12.4 Å². The minimum absolute atomic E-state index is 0.0385. The number of thioether (sulfide) groups is 1. The molecular weight excluding hydrogens is 284 g/mol. The zero-order valence-corrected chi connectivity index (χ0v) is 12.1. The summed E-state index contributed by atoms with van der Waals surface area (Å²) in [6.45, 7) is 0.0385. The number of nitrogens with one attached hydrogen (secondary N) is 1. The molecule has 2 aromatic carbocycles. The lowest BCUT2D eigenvalue weighted by molar-refractivity contribution is 0.282. The number of hydrogen-bond donors (Lipinski definition) is 2. The van der Waals surface area contributed by atoms with Gasteiger partial charge in [-0.3, -0.25) is 4.79 Å². The molecule has 0 aliphatic heterocycles. The van der Waals surface area contributed by atoms with E-state index in [2.05, 4.69) is 9.97 Å². The van der Waals surface area contributed by atoms with Crippen LogP contribution >= 0.6 is 11.8 Å². The predicted molar refractivity (Wildman–Crippen MR) is 84.3 cm³/mol. The zero-order chi connectivity index (χ0) is 14.7. The van der Waals surface area contributed by atoms with E-state index in [0.717, 1.165) is 21.5 Å². The average molecular weight is 298 g/mol. The molecule has 0 bridgehead atoms. The van der Waals surface area contributed by atoms with Gasteiger partial charge in [0.2, 0.25) is 0 Å². The summed E-state index contributed by atoms with van der Waals surface area (Å²) >= 11 is 1.55. The van der Waals surface area contributed by atoms with E-state index in [1.807, 2.05) is 48.5 Å². The number of hydrogen-bond acceptors (Lipinski definition) is 4. The van der Waals surface area contributed by atoms with E-state index >= 15 is 0 Å². The van der Waals surface area contributed by atoms with Crippen LogP contribution in [0.15, 0.2) is 58.2 Å². The van der Waals surface area contributed by atoms with Crippen molar-refractivity contribution in [2.45, 2.75) is 17.3 Å². The maximum Gasteiger partial charge on any atom is 0.271 e. The van der Waals surface area contributed by atoms with Crippen LogP contribution in [-0.4, -0.2) is 15.1 Å². The average Bonchev–Trinajstić information content (AvgIpc) is 2.53. The van der Waals surface area contributed by atoms with Crippen LogP contribution in [0.2, 0.25) is 0 Å². The lowest BCUT2D eigenvalue weighted by Crippen LogP contribution is -2.14. The van der Waals surface area contributed by atoms with E-state index in [1.54, 1.807) is 11.8 Å². The minimum atomic E-state index is -0.145. The van der Waals surface area contributed by atoms with E-state index in [-0.39, 0.29) is 12.2 Å². The molecule has 0 aliphatic rings. The summed E-state index contributed by atoms with van der Waals surface area (Å²) in [5, 5.41) is 9.01. The van der Waals surface area contributed by atoms with Crippen molar-refractivity contribution in [3.05, 3.63) is 70.1 Å². The van der Waals surface area contributed by atoms with Gasteiger partial charge in [-0.05, 0) is 29.8 Å². The molecule has 1 heterocycles. The number of benzene rings is 2. The molecular formula is C16H14N2O2S. The molecule has 0 saturated heterocycles. The van der Waals surface area contributed by atoms with Crippen molar-refractivity contribution >= 4 is 22.8 Å². The maximum atomic E-state index is 12.0. The van der Waals surface area contributed by atoms with E-state index < -0.39 is 0 Å². The molecule has 1 aromatic heterocycles. The second kappa shape index (κ2) is 6.11. The predicted octanol–water partition coefficient (Wildman–Crippen LogP) is 2.71. The Balaban J connectivity index is 1.81. The fourth-order valence-corrected chi connectivity index (χ4v) is 2.84. The third kappa shape index (κ3) is 3.15. The maximum absolute atomic E-state index is 12.0. The molecule has 0 fully saturated rings. The number of aromatic nitrogens is 2. The lowest BCUT2D eigenvalue weighted by Gasteiger charge is -2.04. The number of fused-ring (bicyclic) bond motifs is 1. The molecule has 0 aliphatic carbocycles. The van der Waals surface area contributed by atoms with Gasteiger partial charge in [0.1, 0.15) is 5.69 Å². The van der Waals surface area contributed by atoms with Gasteiger partial charge in [0.05, 0.1) is 17.6 Å². The first-order chi connectivity index (χ1) is 10.3. The molecule has 3 aromatic rings. The van der Waals surface area contributed by atoms with E-state index in [9.17, 15) is 4.79 Å². The molecule has 0 spiro atoms.